The van der Waals surface area contributed by atoms with Crippen LogP contribution in [0.4, 0.5) is 5.82 Å². The van der Waals surface area contributed by atoms with Gasteiger partial charge in [0.1, 0.15) is 11.5 Å². The topological polar surface area (TPSA) is 43.3 Å². The highest BCUT2D eigenvalue weighted by Crippen LogP contribution is 2.29. The summed E-state index contributed by atoms with van der Waals surface area (Å²) in [6.07, 6.45) is 2.27. The lowest BCUT2D eigenvalue weighted by molar-refractivity contribution is 0.653. The van der Waals surface area contributed by atoms with Crippen LogP contribution in [-0.4, -0.2) is 9.38 Å². The van der Waals surface area contributed by atoms with Gasteiger partial charge >= 0.3 is 0 Å². The fourth-order valence-electron chi connectivity index (χ4n) is 2.24. The molecular formula is C13H18BrN3. The monoisotopic (exact) mass is 295 g/mol. The molecule has 4 heteroatoms. The van der Waals surface area contributed by atoms with Gasteiger partial charge in [0.15, 0.2) is 0 Å². The highest BCUT2D eigenvalue weighted by Gasteiger charge is 2.16. The van der Waals surface area contributed by atoms with Crippen LogP contribution in [0.1, 0.15) is 44.0 Å². The van der Waals surface area contributed by atoms with Gasteiger partial charge in [-0.2, -0.15) is 0 Å². The lowest BCUT2D eigenvalue weighted by Gasteiger charge is -2.08. The van der Waals surface area contributed by atoms with Gasteiger partial charge in [0, 0.05) is 16.1 Å². The minimum Gasteiger partial charge on any atom is -0.383 e. The molecular weight excluding hydrogens is 278 g/mol. The van der Waals surface area contributed by atoms with E-state index in [1.165, 1.54) is 0 Å². The van der Waals surface area contributed by atoms with Crippen LogP contribution in [-0.2, 0) is 0 Å². The van der Waals surface area contributed by atoms with Gasteiger partial charge in [-0.1, -0.05) is 20.3 Å². The second kappa shape index (κ2) is 4.69. The summed E-state index contributed by atoms with van der Waals surface area (Å²) in [5.74, 6) is 1.19. The Morgan fingerprint density at radius 3 is 2.82 bits per heavy atom. The van der Waals surface area contributed by atoms with Crippen molar-refractivity contribution in [3.05, 3.63) is 28.0 Å². The summed E-state index contributed by atoms with van der Waals surface area (Å²) in [6.45, 7) is 6.42. The van der Waals surface area contributed by atoms with Crippen molar-refractivity contribution in [1.29, 1.82) is 0 Å². The van der Waals surface area contributed by atoms with Crippen LogP contribution in [0.3, 0.4) is 0 Å². The first-order valence-corrected chi connectivity index (χ1v) is 6.78. The van der Waals surface area contributed by atoms with Gasteiger partial charge in [0.05, 0.1) is 5.69 Å². The number of aromatic nitrogens is 2. The first kappa shape index (κ1) is 12.4. The van der Waals surface area contributed by atoms with Gasteiger partial charge in [-0.3, -0.25) is 4.40 Å². The van der Waals surface area contributed by atoms with E-state index in [0.717, 1.165) is 40.2 Å². The highest BCUT2D eigenvalue weighted by atomic mass is 79.9. The average molecular weight is 296 g/mol. The first-order chi connectivity index (χ1) is 8.06. The Balaban J connectivity index is 2.61. The molecule has 0 aliphatic heterocycles. The van der Waals surface area contributed by atoms with Crippen molar-refractivity contribution in [2.45, 2.75) is 39.5 Å². The maximum Gasteiger partial charge on any atom is 0.138 e. The lowest BCUT2D eigenvalue weighted by Crippen LogP contribution is -2.02. The third kappa shape index (κ3) is 2.06. The molecule has 92 valence electrons. The third-order valence-electron chi connectivity index (χ3n) is 3.22. The summed E-state index contributed by atoms with van der Waals surface area (Å²) in [5, 5.41) is 0. The molecule has 0 spiro atoms. The largest absolute Gasteiger partial charge is 0.383 e. The van der Waals surface area contributed by atoms with Crippen molar-refractivity contribution in [2.75, 3.05) is 5.73 Å². The van der Waals surface area contributed by atoms with Crippen LogP contribution in [0.15, 0.2) is 16.6 Å². The van der Waals surface area contributed by atoms with Gasteiger partial charge in [0.25, 0.3) is 0 Å². The van der Waals surface area contributed by atoms with Gasteiger partial charge < -0.3 is 5.73 Å². The number of hydrogen-bond donors (Lipinski definition) is 1. The van der Waals surface area contributed by atoms with Gasteiger partial charge in [-0.25, -0.2) is 4.98 Å². The van der Waals surface area contributed by atoms with E-state index in [2.05, 4.69) is 34.8 Å². The number of halogens is 1. The lowest BCUT2D eigenvalue weighted by atomic mass is 10.0. The number of fused-ring (bicyclic) bond motifs is 1. The molecule has 17 heavy (non-hydrogen) atoms. The van der Waals surface area contributed by atoms with Crippen LogP contribution < -0.4 is 5.73 Å². The molecule has 3 nitrogen and oxygen atoms in total. The standard InChI is InChI=1S/C13H18BrN3/c1-4-5-8(2)12-13(15)17-9(3)10(14)6-7-11(17)16-12/h6-8H,4-5,15H2,1-3H3. The average Bonchev–Trinajstić information content (AvgIpc) is 2.62. The van der Waals surface area contributed by atoms with E-state index in [1.807, 2.05) is 23.5 Å². The molecule has 0 aromatic carbocycles. The SMILES string of the molecule is CCCC(C)c1nc2ccc(Br)c(C)n2c1N. The van der Waals surface area contributed by atoms with Crippen LogP contribution in [0.25, 0.3) is 5.65 Å². The molecule has 0 aliphatic rings. The number of hydrogen-bond acceptors (Lipinski definition) is 2. The molecule has 0 fully saturated rings. The van der Waals surface area contributed by atoms with Crippen molar-refractivity contribution in [1.82, 2.24) is 9.38 Å². The van der Waals surface area contributed by atoms with E-state index in [1.54, 1.807) is 0 Å². The maximum absolute atomic E-state index is 6.22. The number of aryl methyl sites for hydroxylation is 1. The molecule has 2 aromatic rings. The van der Waals surface area contributed by atoms with Crippen molar-refractivity contribution in [3.63, 3.8) is 0 Å². The summed E-state index contributed by atoms with van der Waals surface area (Å²) in [4.78, 5) is 4.65. The molecule has 2 aromatic heterocycles. The van der Waals surface area contributed by atoms with Crippen LogP contribution in [0.2, 0.25) is 0 Å². The molecule has 0 amide bonds. The Morgan fingerprint density at radius 1 is 1.47 bits per heavy atom. The molecule has 2 N–H and O–H groups in total. The number of pyridine rings is 1. The predicted octanol–water partition coefficient (Wildman–Crippen LogP) is 3.89. The molecule has 0 saturated heterocycles. The number of anilines is 1. The fourth-order valence-corrected chi connectivity index (χ4v) is 2.55. The summed E-state index contributed by atoms with van der Waals surface area (Å²) in [6, 6.07) is 4.01. The van der Waals surface area contributed by atoms with Gasteiger partial charge in [-0.15, -0.1) is 0 Å². The zero-order valence-electron chi connectivity index (χ0n) is 10.5. The van der Waals surface area contributed by atoms with E-state index in [-0.39, 0.29) is 0 Å². The summed E-state index contributed by atoms with van der Waals surface area (Å²) in [7, 11) is 0. The normalized spacial score (nSPS) is 13.2. The zero-order valence-corrected chi connectivity index (χ0v) is 12.1. The second-order valence-electron chi connectivity index (χ2n) is 4.53. The Labute approximate surface area is 110 Å². The molecule has 0 aliphatic carbocycles. The Morgan fingerprint density at radius 2 is 2.18 bits per heavy atom. The summed E-state index contributed by atoms with van der Waals surface area (Å²) in [5.41, 5.74) is 9.27. The summed E-state index contributed by atoms with van der Waals surface area (Å²) < 4.78 is 3.08. The molecule has 1 unspecified atom stereocenters. The predicted molar refractivity (Wildman–Crippen MR) is 75.4 cm³/mol. The molecule has 1 atom stereocenters. The van der Waals surface area contributed by atoms with Crippen molar-refractivity contribution >= 4 is 27.4 Å². The molecule has 0 saturated carbocycles. The number of rotatable bonds is 3. The molecule has 0 radical (unpaired) electrons. The number of nitrogens with two attached hydrogens (primary N) is 1. The van der Waals surface area contributed by atoms with Crippen LogP contribution in [0, 0.1) is 6.92 Å². The van der Waals surface area contributed by atoms with E-state index in [4.69, 9.17) is 5.73 Å². The number of imidazole rings is 1. The molecule has 0 bridgehead atoms. The van der Waals surface area contributed by atoms with Crippen LogP contribution >= 0.6 is 15.9 Å². The minimum absolute atomic E-state index is 0.415. The summed E-state index contributed by atoms with van der Waals surface area (Å²) >= 11 is 3.52. The first-order valence-electron chi connectivity index (χ1n) is 5.99. The van der Waals surface area contributed by atoms with Crippen molar-refractivity contribution < 1.29 is 0 Å². The fraction of sp³-hybridized carbons (Fsp3) is 0.462. The smallest absolute Gasteiger partial charge is 0.138 e. The third-order valence-corrected chi connectivity index (χ3v) is 4.05. The van der Waals surface area contributed by atoms with Gasteiger partial charge in [-0.05, 0) is 41.4 Å². The van der Waals surface area contributed by atoms with Crippen molar-refractivity contribution in [3.8, 4) is 0 Å². The Bertz CT molecular complexity index is 545. The van der Waals surface area contributed by atoms with Crippen molar-refractivity contribution in [2.24, 2.45) is 0 Å². The van der Waals surface area contributed by atoms with E-state index in [0.29, 0.717) is 5.92 Å². The highest BCUT2D eigenvalue weighted by molar-refractivity contribution is 9.10. The second-order valence-corrected chi connectivity index (χ2v) is 5.39. The van der Waals surface area contributed by atoms with Crippen LogP contribution in [0.5, 0.6) is 0 Å². The molecule has 2 rings (SSSR count). The van der Waals surface area contributed by atoms with E-state index < -0.39 is 0 Å². The van der Waals surface area contributed by atoms with Gasteiger partial charge in [0.2, 0.25) is 0 Å². The minimum atomic E-state index is 0.415. The maximum atomic E-state index is 6.22. The molecule has 2 heterocycles. The van der Waals surface area contributed by atoms with E-state index in [9.17, 15) is 0 Å². The quantitative estimate of drug-likeness (QED) is 0.933. The van der Waals surface area contributed by atoms with E-state index >= 15 is 0 Å². The number of nitrogens with zero attached hydrogens (tertiary/aromatic N) is 2. The Hall–Kier alpha value is -1.03. The number of nitrogen functional groups attached to an aromatic ring is 1. The Kier molecular flexibility index (Phi) is 3.43. The zero-order chi connectivity index (χ0) is 12.6.